The minimum Gasteiger partial charge on any atom is -0.362 e. The molecule has 2 aliphatic heterocycles. The van der Waals surface area contributed by atoms with Crippen molar-refractivity contribution in [1.82, 2.24) is 5.32 Å². The zero-order valence-electron chi connectivity index (χ0n) is 18.8. The van der Waals surface area contributed by atoms with Gasteiger partial charge in [-0.2, -0.15) is 0 Å². The molecule has 0 atom stereocenters. The average Bonchev–Trinajstić information content (AvgIpc) is 3.08. The molecule has 8 heteroatoms. The highest BCUT2D eigenvalue weighted by Gasteiger charge is 2.31. The predicted molar refractivity (Wildman–Crippen MR) is 144 cm³/mol. The Morgan fingerprint density at radius 2 is 1.94 bits per heavy atom. The van der Waals surface area contributed by atoms with Crippen molar-refractivity contribution >= 4 is 80.7 Å². The normalized spacial score (nSPS) is 19.7. The van der Waals surface area contributed by atoms with Crippen LogP contribution in [0.25, 0.3) is 11.6 Å². The third kappa shape index (κ3) is 4.83. The Bertz CT molecular complexity index is 1230. The maximum absolute atomic E-state index is 12.6. The first-order chi connectivity index (χ1) is 15.6. The smallest absolute Gasteiger partial charge is 0.264 e. The van der Waals surface area contributed by atoms with Crippen LogP contribution < -0.4 is 10.2 Å². The second-order valence-corrected chi connectivity index (χ2v) is 10.8. The summed E-state index contributed by atoms with van der Waals surface area (Å²) in [5.74, 6) is -0.230. The van der Waals surface area contributed by atoms with Crippen molar-refractivity contribution in [2.45, 2.75) is 39.7 Å². The van der Waals surface area contributed by atoms with Gasteiger partial charge in [-0.3, -0.25) is 4.79 Å². The lowest BCUT2D eigenvalue weighted by Gasteiger charge is -2.43. The topological polar surface area (TPSA) is 44.7 Å². The Labute approximate surface area is 213 Å². The van der Waals surface area contributed by atoms with Gasteiger partial charge in [0.2, 0.25) is 0 Å². The molecule has 1 saturated heterocycles. The second kappa shape index (κ2) is 9.38. The Kier molecular flexibility index (Phi) is 6.88. The molecule has 1 N–H and O–H groups in total. The van der Waals surface area contributed by atoms with Crippen LogP contribution in [0, 0.1) is 0 Å². The number of anilines is 1. The largest absolute Gasteiger partial charge is 0.362 e. The summed E-state index contributed by atoms with van der Waals surface area (Å²) in [6, 6.07) is 9.27. The van der Waals surface area contributed by atoms with Crippen molar-refractivity contribution in [3.63, 3.8) is 0 Å². The van der Waals surface area contributed by atoms with Gasteiger partial charge in [-0.1, -0.05) is 53.9 Å². The van der Waals surface area contributed by atoms with Crippen molar-refractivity contribution in [2.24, 2.45) is 4.99 Å². The fourth-order valence-electron chi connectivity index (χ4n) is 4.17. The van der Waals surface area contributed by atoms with Crippen molar-refractivity contribution < 1.29 is 4.79 Å². The minimum absolute atomic E-state index is 0.0927. The number of halogens is 3. The summed E-state index contributed by atoms with van der Waals surface area (Å²) < 4.78 is 0. The molecule has 33 heavy (non-hydrogen) atoms. The van der Waals surface area contributed by atoms with E-state index in [1.165, 1.54) is 17.3 Å². The molecule has 1 fully saturated rings. The Hall–Kier alpha value is -1.92. The summed E-state index contributed by atoms with van der Waals surface area (Å²) >= 11 is 20.2. The minimum atomic E-state index is -0.230. The number of allylic oxidation sites excluding steroid dienone is 1. The number of carbonyl (C=O) groups is 1. The zero-order chi connectivity index (χ0) is 23.9. The van der Waals surface area contributed by atoms with E-state index in [-0.39, 0.29) is 11.4 Å². The number of amidine groups is 1. The average molecular weight is 521 g/mol. The van der Waals surface area contributed by atoms with E-state index in [1.54, 1.807) is 18.2 Å². The fourth-order valence-corrected chi connectivity index (χ4v) is 5.54. The van der Waals surface area contributed by atoms with Crippen molar-refractivity contribution in [1.29, 1.82) is 0 Å². The lowest BCUT2D eigenvalue weighted by Crippen LogP contribution is -2.45. The maximum atomic E-state index is 12.6. The van der Waals surface area contributed by atoms with Gasteiger partial charge in [0.25, 0.3) is 5.91 Å². The zero-order valence-corrected chi connectivity index (χ0v) is 21.9. The van der Waals surface area contributed by atoms with E-state index >= 15 is 0 Å². The Morgan fingerprint density at radius 3 is 2.67 bits per heavy atom. The van der Waals surface area contributed by atoms with Gasteiger partial charge in [-0.25, -0.2) is 4.99 Å². The van der Waals surface area contributed by atoms with Crippen molar-refractivity contribution in [3.05, 3.63) is 67.5 Å². The van der Waals surface area contributed by atoms with Crippen LogP contribution in [0.5, 0.6) is 0 Å². The molecular weight excluding hydrogens is 497 g/mol. The maximum Gasteiger partial charge on any atom is 0.264 e. The highest BCUT2D eigenvalue weighted by molar-refractivity contribution is 8.18. The highest BCUT2D eigenvalue weighted by Crippen LogP contribution is 2.42. The van der Waals surface area contributed by atoms with Crippen LogP contribution in [0.3, 0.4) is 0 Å². The third-order valence-electron chi connectivity index (χ3n) is 5.63. The summed E-state index contributed by atoms with van der Waals surface area (Å²) in [4.78, 5) is 20.0. The van der Waals surface area contributed by atoms with E-state index in [0.717, 1.165) is 29.8 Å². The van der Waals surface area contributed by atoms with Crippen LogP contribution >= 0.6 is 46.6 Å². The number of nitrogens with one attached hydrogen (secondary N) is 1. The Balaban J connectivity index is 1.69. The third-order valence-corrected chi connectivity index (χ3v) is 7.68. The first-order valence-corrected chi connectivity index (χ1v) is 12.6. The SMILES string of the molecule is CCCN1c2cc(Cl)c(/C=C3/SC(=Nc4cccc(Cl)c4Cl)NC3=O)cc2C(C)=CC1(C)C. The van der Waals surface area contributed by atoms with Gasteiger partial charge >= 0.3 is 0 Å². The van der Waals surface area contributed by atoms with Crippen molar-refractivity contribution in [3.8, 4) is 0 Å². The van der Waals surface area contributed by atoms with Gasteiger partial charge in [0, 0.05) is 22.8 Å². The van der Waals surface area contributed by atoms with E-state index in [2.05, 4.69) is 55.0 Å². The van der Waals surface area contributed by atoms with Crippen LogP contribution in [0.4, 0.5) is 11.4 Å². The van der Waals surface area contributed by atoms with E-state index in [4.69, 9.17) is 34.8 Å². The van der Waals surface area contributed by atoms with Gasteiger partial charge < -0.3 is 10.2 Å². The summed E-state index contributed by atoms with van der Waals surface area (Å²) in [7, 11) is 0. The second-order valence-electron chi connectivity index (χ2n) is 8.58. The number of rotatable bonds is 4. The van der Waals surface area contributed by atoms with Gasteiger partial charge in [0.15, 0.2) is 5.17 Å². The molecule has 0 saturated carbocycles. The van der Waals surface area contributed by atoms with Crippen LogP contribution in [0.2, 0.25) is 15.1 Å². The van der Waals surface area contributed by atoms with E-state index in [1.807, 2.05) is 12.1 Å². The molecule has 0 radical (unpaired) electrons. The molecular formula is C25H24Cl3N3OS. The molecule has 2 heterocycles. The summed E-state index contributed by atoms with van der Waals surface area (Å²) in [5.41, 5.74) is 4.64. The van der Waals surface area contributed by atoms with Crippen LogP contribution in [0.1, 0.15) is 45.2 Å². The van der Waals surface area contributed by atoms with E-state index in [9.17, 15) is 4.79 Å². The molecule has 172 valence electrons. The summed E-state index contributed by atoms with van der Waals surface area (Å²) in [6.07, 6.45) is 5.13. The first-order valence-electron chi connectivity index (χ1n) is 10.7. The monoisotopic (exact) mass is 519 g/mol. The van der Waals surface area contributed by atoms with Crippen LogP contribution in [-0.4, -0.2) is 23.2 Å². The predicted octanol–water partition coefficient (Wildman–Crippen LogP) is 7.95. The van der Waals surface area contributed by atoms with E-state index in [0.29, 0.717) is 30.8 Å². The molecule has 1 amide bonds. The van der Waals surface area contributed by atoms with Gasteiger partial charge in [-0.05, 0) is 80.4 Å². The number of benzene rings is 2. The molecule has 0 aromatic heterocycles. The van der Waals surface area contributed by atoms with Gasteiger partial charge in [-0.15, -0.1) is 0 Å². The number of carbonyl (C=O) groups excluding carboxylic acids is 1. The summed E-state index contributed by atoms with van der Waals surface area (Å²) in [5, 5.41) is 4.58. The molecule has 2 aromatic rings. The van der Waals surface area contributed by atoms with Crippen LogP contribution in [0.15, 0.2) is 46.3 Å². The van der Waals surface area contributed by atoms with E-state index < -0.39 is 0 Å². The molecule has 2 aliphatic rings. The number of hydrogen-bond donors (Lipinski definition) is 1. The molecule has 4 rings (SSSR count). The number of aliphatic imine (C=N–C) groups is 1. The molecule has 4 nitrogen and oxygen atoms in total. The number of thioether (sulfide) groups is 1. The van der Waals surface area contributed by atoms with Gasteiger partial charge in [0.05, 0.1) is 26.2 Å². The quantitative estimate of drug-likeness (QED) is 0.416. The molecule has 0 unspecified atom stereocenters. The fraction of sp³-hybridized carbons (Fsp3) is 0.280. The molecule has 0 aliphatic carbocycles. The summed E-state index contributed by atoms with van der Waals surface area (Å²) in [6.45, 7) is 9.65. The van der Waals surface area contributed by atoms with Crippen LogP contribution in [-0.2, 0) is 4.79 Å². The Morgan fingerprint density at radius 1 is 1.18 bits per heavy atom. The highest BCUT2D eigenvalue weighted by atomic mass is 35.5. The molecule has 0 spiro atoms. The number of fused-ring (bicyclic) bond motifs is 1. The first kappa shape index (κ1) is 24.2. The number of hydrogen-bond acceptors (Lipinski definition) is 4. The number of amides is 1. The number of nitrogens with zero attached hydrogens (tertiary/aromatic N) is 2. The lowest BCUT2D eigenvalue weighted by molar-refractivity contribution is -0.115. The molecule has 0 bridgehead atoms. The molecule has 2 aromatic carbocycles. The van der Waals surface area contributed by atoms with Gasteiger partial charge in [0.1, 0.15) is 0 Å². The van der Waals surface area contributed by atoms with Crippen molar-refractivity contribution in [2.75, 3.05) is 11.4 Å². The lowest BCUT2D eigenvalue weighted by atomic mass is 9.87. The standard InChI is InChI=1S/C25H24Cl3N3OS/c1-5-9-31-20-12-18(27)15(10-16(20)14(2)13-25(31,3)4)11-21-23(32)30-24(33-21)29-19-8-6-7-17(26)22(19)28/h6-8,10-13H,5,9H2,1-4H3,(H,29,30,32)/b21-11+.